The summed E-state index contributed by atoms with van der Waals surface area (Å²) < 4.78 is 0. The zero-order valence-corrected chi connectivity index (χ0v) is 17.5. The summed E-state index contributed by atoms with van der Waals surface area (Å²) in [6.07, 6.45) is 21.6. The Morgan fingerprint density at radius 1 is 0.731 bits per heavy atom. The van der Waals surface area contributed by atoms with Gasteiger partial charge < -0.3 is 0 Å². The summed E-state index contributed by atoms with van der Waals surface area (Å²) in [5.41, 5.74) is 0.297. The van der Waals surface area contributed by atoms with Crippen molar-refractivity contribution >= 4 is 5.78 Å². The van der Waals surface area contributed by atoms with Crippen LogP contribution in [0, 0.1) is 34.5 Å². The topological polar surface area (TPSA) is 17.1 Å². The Kier molecular flexibility index (Phi) is 5.55. The predicted octanol–water partition coefficient (Wildman–Crippen LogP) is 7.33. The summed E-state index contributed by atoms with van der Waals surface area (Å²) in [4.78, 5) is 13.3. The van der Waals surface area contributed by atoms with E-state index in [0.29, 0.717) is 0 Å². The molecule has 0 radical (unpaired) electrons. The van der Waals surface area contributed by atoms with Crippen LogP contribution in [0.2, 0.25) is 0 Å². The van der Waals surface area contributed by atoms with Gasteiger partial charge in [0.1, 0.15) is 5.78 Å². The number of hydrogen-bond acceptors (Lipinski definition) is 1. The molecule has 0 aromatic heterocycles. The van der Waals surface area contributed by atoms with Crippen molar-refractivity contribution in [1.82, 2.24) is 0 Å². The van der Waals surface area contributed by atoms with Gasteiger partial charge in [0.2, 0.25) is 0 Å². The molecule has 0 saturated heterocycles. The van der Waals surface area contributed by atoms with E-state index >= 15 is 0 Å². The summed E-state index contributed by atoms with van der Waals surface area (Å²) in [7, 11) is 0. The van der Waals surface area contributed by atoms with Crippen LogP contribution in [0.5, 0.6) is 0 Å². The molecule has 0 aromatic carbocycles. The average Bonchev–Trinajstić information content (AvgIpc) is 2.70. The lowest BCUT2D eigenvalue weighted by atomic mass is 9.43. The molecule has 1 heteroatoms. The number of ketones is 1. The van der Waals surface area contributed by atoms with Gasteiger partial charge in [0, 0.05) is 10.8 Å². The Balaban J connectivity index is 1.26. The van der Waals surface area contributed by atoms with E-state index in [1.807, 2.05) is 0 Å². The minimum Gasteiger partial charge on any atom is -0.298 e. The van der Waals surface area contributed by atoms with Gasteiger partial charge in [0.15, 0.2) is 0 Å². The summed E-state index contributed by atoms with van der Waals surface area (Å²) in [5, 5.41) is 0. The Bertz CT molecular complexity index is 482. The summed E-state index contributed by atoms with van der Waals surface area (Å²) in [5.74, 6) is 4.60. The van der Waals surface area contributed by atoms with Gasteiger partial charge in [0.05, 0.1) is 0 Å². The van der Waals surface area contributed by atoms with Crippen LogP contribution >= 0.6 is 0 Å². The van der Waals surface area contributed by atoms with E-state index < -0.39 is 0 Å². The Labute approximate surface area is 162 Å². The molecule has 4 rings (SSSR count). The third-order valence-corrected chi connectivity index (χ3v) is 9.52. The van der Waals surface area contributed by atoms with Crippen LogP contribution in [-0.2, 0) is 4.79 Å². The molecule has 4 fully saturated rings. The Morgan fingerprint density at radius 2 is 1.27 bits per heavy atom. The first-order valence-electron chi connectivity index (χ1n) is 12.2. The molecule has 0 N–H and O–H groups in total. The van der Waals surface area contributed by atoms with E-state index in [1.54, 1.807) is 0 Å². The number of carbonyl (C=O) groups is 1. The van der Waals surface area contributed by atoms with Gasteiger partial charge in [-0.2, -0.15) is 0 Å². The second-order valence-electron chi connectivity index (χ2n) is 10.8. The summed E-state index contributed by atoms with van der Waals surface area (Å²) in [6, 6.07) is 0. The van der Waals surface area contributed by atoms with Gasteiger partial charge in [0.25, 0.3) is 0 Å². The highest BCUT2D eigenvalue weighted by atomic mass is 16.1. The normalized spacial score (nSPS) is 46.5. The van der Waals surface area contributed by atoms with Crippen LogP contribution < -0.4 is 0 Å². The van der Waals surface area contributed by atoms with Gasteiger partial charge in [-0.25, -0.2) is 0 Å². The number of hydrogen-bond donors (Lipinski definition) is 0. The molecule has 0 heterocycles. The molecule has 1 nitrogen and oxygen atoms in total. The smallest absolute Gasteiger partial charge is 0.145 e. The lowest BCUT2D eigenvalue weighted by Gasteiger charge is -2.59. The van der Waals surface area contributed by atoms with Gasteiger partial charge in [-0.15, -0.1) is 0 Å². The maximum absolute atomic E-state index is 13.3. The highest BCUT2D eigenvalue weighted by Gasteiger charge is 2.63. The Morgan fingerprint density at radius 3 is 1.77 bits per heavy atom. The SMILES string of the molecule is CCCC1CCC(C2CCC3(CC2)CC2(CCC(CC)CC2)C3=O)CC1. The quantitative estimate of drug-likeness (QED) is 0.514. The molecule has 0 atom stereocenters. The first kappa shape index (κ1) is 19.0. The molecule has 4 saturated carbocycles. The average molecular weight is 359 g/mol. The van der Waals surface area contributed by atoms with Crippen molar-refractivity contribution in [2.75, 3.05) is 0 Å². The lowest BCUT2D eigenvalue weighted by molar-refractivity contribution is -0.169. The van der Waals surface area contributed by atoms with Crippen LogP contribution in [0.4, 0.5) is 0 Å². The van der Waals surface area contributed by atoms with Crippen molar-refractivity contribution in [2.24, 2.45) is 34.5 Å². The number of carbonyl (C=O) groups excluding carboxylic acids is 1. The van der Waals surface area contributed by atoms with Gasteiger partial charge in [-0.3, -0.25) is 4.79 Å². The van der Waals surface area contributed by atoms with Gasteiger partial charge in [-0.05, 0) is 94.3 Å². The first-order valence-corrected chi connectivity index (χ1v) is 12.2. The zero-order chi connectivity index (χ0) is 18.2. The van der Waals surface area contributed by atoms with Crippen LogP contribution in [0.1, 0.15) is 117 Å². The minimum absolute atomic E-state index is 0.148. The summed E-state index contributed by atoms with van der Waals surface area (Å²) >= 11 is 0. The third-order valence-electron chi connectivity index (χ3n) is 9.52. The van der Waals surface area contributed by atoms with Gasteiger partial charge >= 0.3 is 0 Å². The van der Waals surface area contributed by atoms with Gasteiger partial charge in [-0.1, -0.05) is 46.0 Å². The van der Waals surface area contributed by atoms with Crippen molar-refractivity contribution in [1.29, 1.82) is 0 Å². The molecular weight excluding hydrogens is 316 g/mol. The minimum atomic E-state index is 0.148. The highest BCUT2D eigenvalue weighted by Crippen LogP contribution is 2.64. The molecule has 0 amide bonds. The molecule has 0 unspecified atom stereocenters. The molecular formula is C25H42O. The van der Waals surface area contributed by atoms with E-state index in [4.69, 9.17) is 0 Å². The molecule has 148 valence electrons. The van der Waals surface area contributed by atoms with Crippen LogP contribution in [0.15, 0.2) is 0 Å². The Hall–Kier alpha value is -0.330. The zero-order valence-electron chi connectivity index (χ0n) is 17.5. The monoisotopic (exact) mass is 358 g/mol. The van der Waals surface area contributed by atoms with Crippen molar-refractivity contribution in [3.05, 3.63) is 0 Å². The molecule has 4 aliphatic rings. The van der Waals surface area contributed by atoms with Crippen molar-refractivity contribution in [3.8, 4) is 0 Å². The summed E-state index contributed by atoms with van der Waals surface area (Å²) in [6.45, 7) is 4.66. The van der Waals surface area contributed by atoms with Crippen LogP contribution in [0.3, 0.4) is 0 Å². The fourth-order valence-corrected chi connectivity index (χ4v) is 7.73. The second-order valence-corrected chi connectivity index (χ2v) is 10.8. The van der Waals surface area contributed by atoms with Crippen LogP contribution in [0.25, 0.3) is 0 Å². The molecule has 4 aliphatic carbocycles. The molecule has 26 heavy (non-hydrogen) atoms. The van der Waals surface area contributed by atoms with E-state index in [-0.39, 0.29) is 10.8 Å². The predicted molar refractivity (Wildman–Crippen MR) is 109 cm³/mol. The molecule has 0 bridgehead atoms. The molecule has 0 aliphatic heterocycles. The van der Waals surface area contributed by atoms with E-state index in [2.05, 4.69) is 13.8 Å². The number of Topliss-reactive ketones (excluding diaryl/α,β-unsaturated/α-hetero) is 1. The molecule has 0 aromatic rings. The van der Waals surface area contributed by atoms with Crippen molar-refractivity contribution in [2.45, 2.75) is 117 Å². The van der Waals surface area contributed by atoms with Crippen LogP contribution in [-0.4, -0.2) is 5.78 Å². The fourth-order valence-electron chi connectivity index (χ4n) is 7.73. The maximum atomic E-state index is 13.3. The highest BCUT2D eigenvalue weighted by molar-refractivity contribution is 5.96. The lowest BCUT2D eigenvalue weighted by Crippen LogP contribution is -2.59. The van der Waals surface area contributed by atoms with Crippen molar-refractivity contribution in [3.63, 3.8) is 0 Å². The number of rotatable bonds is 4. The first-order chi connectivity index (χ1) is 12.6. The maximum Gasteiger partial charge on any atom is 0.145 e. The van der Waals surface area contributed by atoms with Crippen molar-refractivity contribution < 1.29 is 4.79 Å². The fraction of sp³-hybridized carbons (Fsp3) is 0.960. The molecule has 2 spiro atoms. The van der Waals surface area contributed by atoms with E-state index in [0.717, 1.165) is 29.5 Å². The van der Waals surface area contributed by atoms with E-state index in [9.17, 15) is 4.79 Å². The largest absolute Gasteiger partial charge is 0.298 e. The standard InChI is InChI=1S/C25H42O/c1-3-5-20-6-8-21(9-7-20)22-12-16-25(17-13-22)18-24(23(25)26)14-10-19(4-2)11-15-24/h19-22H,3-18H2,1-2H3. The third kappa shape index (κ3) is 3.30. The van der Waals surface area contributed by atoms with E-state index in [1.165, 1.54) is 103 Å². The second kappa shape index (κ2) is 7.59.